The molecule has 3 unspecified atom stereocenters. The molecule has 156 valence electrons. The fraction of sp³-hybridized carbons (Fsp3) is 0.458. The van der Waals surface area contributed by atoms with E-state index in [-0.39, 0.29) is 18.1 Å². The summed E-state index contributed by atoms with van der Waals surface area (Å²) in [7, 11) is 3.43. The van der Waals surface area contributed by atoms with Crippen LogP contribution >= 0.6 is 0 Å². The number of hydrogen-bond acceptors (Lipinski definition) is 5. The summed E-state index contributed by atoms with van der Waals surface area (Å²) in [5.74, 6) is 3.50. The molecule has 0 aromatic heterocycles. The van der Waals surface area contributed by atoms with Crippen molar-refractivity contribution in [2.45, 2.75) is 37.8 Å². The Morgan fingerprint density at radius 1 is 1.10 bits per heavy atom. The number of hydrogen-bond donors (Lipinski definition) is 0. The zero-order valence-electron chi connectivity index (χ0n) is 17.6. The van der Waals surface area contributed by atoms with Gasteiger partial charge in [-0.1, -0.05) is 6.07 Å². The van der Waals surface area contributed by atoms with Crippen molar-refractivity contribution < 1.29 is 28.3 Å². The van der Waals surface area contributed by atoms with Crippen molar-refractivity contribution in [2.24, 2.45) is 0 Å². The van der Waals surface area contributed by atoms with Gasteiger partial charge in [-0.15, -0.1) is 0 Å². The quantitative estimate of drug-likeness (QED) is 0.726. The Morgan fingerprint density at radius 3 is 2.70 bits per heavy atom. The van der Waals surface area contributed by atoms with Crippen molar-refractivity contribution in [3.63, 3.8) is 0 Å². The minimum absolute atomic E-state index is 0.147. The van der Waals surface area contributed by atoms with E-state index in [1.807, 2.05) is 6.07 Å². The van der Waals surface area contributed by atoms with Gasteiger partial charge >= 0.3 is 0 Å². The molecule has 2 aromatic carbocycles. The van der Waals surface area contributed by atoms with Gasteiger partial charge in [0.25, 0.3) is 0 Å². The highest BCUT2D eigenvalue weighted by Gasteiger charge is 2.55. The summed E-state index contributed by atoms with van der Waals surface area (Å²) in [5.41, 5.74) is 6.49. The van der Waals surface area contributed by atoms with Crippen LogP contribution in [-0.2, 0) is 11.2 Å². The van der Waals surface area contributed by atoms with Crippen LogP contribution in [0.15, 0.2) is 24.3 Å². The van der Waals surface area contributed by atoms with Gasteiger partial charge in [0.15, 0.2) is 34.8 Å². The molecule has 0 spiro atoms. The molecule has 1 aliphatic carbocycles. The lowest BCUT2D eigenvalue weighted by Gasteiger charge is -2.43. The summed E-state index contributed by atoms with van der Waals surface area (Å²) >= 11 is 0. The van der Waals surface area contributed by atoms with E-state index in [4.69, 9.17) is 23.7 Å². The predicted octanol–water partition coefficient (Wildman–Crippen LogP) is 3.44. The van der Waals surface area contributed by atoms with Crippen LogP contribution in [0.5, 0.6) is 23.0 Å². The maximum atomic E-state index is 6.28. The van der Waals surface area contributed by atoms with Crippen LogP contribution in [-0.4, -0.2) is 50.6 Å². The molecule has 30 heavy (non-hydrogen) atoms. The maximum absolute atomic E-state index is 6.28. The second-order valence-corrected chi connectivity index (χ2v) is 8.22. The average Bonchev–Trinajstić information content (AvgIpc) is 3.24. The van der Waals surface area contributed by atoms with Gasteiger partial charge < -0.3 is 23.7 Å². The van der Waals surface area contributed by atoms with Crippen LogP contribution in [0.2, 0.25) is 0 Å². The molecule has 0 saturated carbocycles. The van der Waals surface area contributed by atoms with Crippen molar-refractivity contribution in [1.82, 2.24) is 0 Å². The van der Waals surface area contributed by atoms with Gasteiger partial charge in [-0.25, -0.2) is 4.58 Å². The smallest absolute Gasteiger partial charge is 0.231 e. The topological polar surface area (TPSA) is 49.2 Å². The molecule has 4 aliphatic heterocycles. The van der Waals surface area contributed by atoms with E-state index in [0.29, 0.717) is 13.4 Å². The average molecular weight is 408 g/mol. The van der Waals surface area contributed by atoms with Gasteiger partial charge in [0, 0.05) is 25.0 Å². The molecule has 0 saturated heterocycles. The Hall–Kier alpha value is -2.73. The number of methoxy groups -OCH3 is 2. The summed E-state index contributed by atoms with van der Waals surface area (Å²) in [6.07, 6.45) is 2.09. The summed E-state index contributed by atoms with van der Waals surface area (Å²) in [6, 6.07) is 8.76. The van der Waals surface area contributed by atoms with Crippen molar-refractivity contribution in [1.29, 1.82) is 0 Å². The SMILES string of the molecule is CCOC1CC2c3c(ccc(OC)c3OC)C1C1=[N+]2CCc2cc3c(cc21)OCO3. The Kier molecular flexibility index (Phi) is 4.00. The standard InChI is InChI=1S/C24H26NO5/c1-4-28-20-11-16-21-14(5-6-17(26-2)24(21)27-3)22(20)23-15-10-19-18(29-12-30-19)9-13(15)7-8-25(16)23/h5-6,9-10,16,20,22H,4,7-8,11-12H2,1-3H3/q+1. The number of rotatable bonds is 4. The zero-order chi connectivity index (χ0) is 20.4. The second kappa shape index (κ2) is 6.64. The normalized spacial score (nSPS) is 25.0. The molecule has 6 heteroatoms. The van der Waals surface area contributed by atoms with E-state index < -0.39 is 0 Å². The Balaban J connectivity index is 1.58. The fourth-order valence-corrected chi connectivity index (χ4v) is 5.86. The third-order valence-electron chi connectivity index (χ3n) is 6.97. The zero-order valence-corrected chi connectivity index (χ0v) is 17.6. The summed E-state index contributed by atoms with van der Waals surface area (Å²) in [5, 5.41) is 0. The Bertz CT molecular complexity index is 1080. The van der Waals surface area contributed by atoms with Crippen molar-refractivity contribution >= 4 is 5.71 Å². The van der Waals surface area contributed by atoms with Crippen LogP contribution in [0.1, 0.15) is 47.6 Å². The van der Waals surface area contributed by atoms with Crippen molar-refractivity contribution in [2.75, 3.05) is 34.2 Å². The lowest BCUT2D eigenvalue weighted by molar-refractivity contribution is -0.585. The molecule has 7 rings (SSSR count). The van der Waals surface area contributed by atoms with Gasteiger partial charge in [-0.3, -0.25) is 0 Å². The molecule has 0 amide bonds. The molecule has 6 nitrogen and oxygen atoms in total. The van der Waals surface area contributed by atoms with Crippen LogP contribution < -0.4 is 18.9 Å². The third kappa shape index (κ3) is 2.31. The van der Waals surface area contributed by atoms with E-state index in [9.17, 15) is 0 Å². The monoisotopic (exact) mass is 408 g/mol. The van der Waals surface area contributed by atoms with E-state index in [1.54, 1.807) is 14.2 Å². The first-order chi connectivity index (χ1) is 14.7. The van der Waals surface area contributed by atoms with Crippen LogP contribution in [0.4, 0.5) is 0 Å². The minimum Gasteiger partial charge on any atom is -0.493 e. The largest absolute Gasteiger partial charge is 0.493 e. The summed E-state index contributed by atoms with van der Waals surface area (Å²) in [6.45, 7) is 4.05. The highest BCUT2D eigenvalue weighted by Crippen LogP contribution is 2.54. The van der Waals surface area contributed by atoms with E-state index >= 15 is 0 Å². The van der Waals surface area contributed by atoms with Gasteiger partial charge in [0.05, 0.1) is 31.8 Å². The lowest BCUT2D eigenvalue weighted by atomic mass is 9.68. The molecule has 2 bridgehead atoms. The van der Waals surface area contributed by atoms with Gasteiger partial charge in [-0.2, -0.15) is 0 Å². The maximum Gasteiger partial charge on any atom is 0.231 e. The van der Waals surface area contributed by atoms with Gasteiger partial charge in [0.1, 0.15) is 6.54 Å². The van der Waals surface area contributed by atoms with Crippen molar-refractivity contribution in [3.8, 4) is 23.0 Å². The predicted molar refractivity (Wildman–Crippen MR) is 111 cm³/mol. The third-order valence-corrected chi connectivity index (χ3v) is 6.97. The number of benzene rings is 2. The molecular formula is C24H26NO5+. The first-order valence-electron chi connectivity index (χ1n) is 10.7. The first-order valence-corrected chi connectivity index (χ1v) is 10.7. The molecule has 0 radical (unpaired) electrons. The van der Waals surface area contributed by atoms with Crippen molar-refractivity contribution in [3.05, 3.63) is 46.5 Å². The Morgan fingerprint density at radius 2 is 1.93 bits per heavy atom. The fourth-order valence-electron chi connectivity index (χ4n) is 5.86. The molecule has 0 fully saturated rings. The molecule has 0 N–H and O–H groups in total. The van der Waals surface area contributed by atoms with Gasteiger partial charge in [-0.05, 0) is 36.2 Å². The lowest BCUT2D eigenvalue weighted by Crippen LogP contribution is -2.50. The van der Waals surface area contributed by atoms with Crippen LogP contribution in [0.25, 0.3) is 0 Å². The van der Waals surface area contributed by atoms with E-state index in [2.05, 4.69) is 29.7 Å². The second-order valence-electron chi connectivity index (χ2n) is 8.22. The highest BCUT2D eigenvalue weighted by atomic mass is 16.7. The molecular weight excluding hydrogens is 382 g/mol. The van der Waals surface area contributed by atoms with E-state index in [0.717, 1.165) is 42.4 Å². The molecule has 5 aliphatic rings. The minimum atomic E-state index is 0.147. The summed E-state index contributed by atoms with van der Waals surface area (Å²) in [4.78, 5) is 0. The molecule has 2 aromatic rings. The first kappa shape index (κ1) is 18.1. The number of fused-ring (bicyclic) bond motifs is 3. The highest BCUT2D eigenvalue weighted by molar-refractivity contribution is 6.05. The van der Waals surface area contributed by atoms with Crippen LogP contribution in [0.3, 0.4) is 0 Å². The summed E-state index contributed by atoms with van der Waals surface area (Å²) < 4.78 is 31.7. The Labute approximate surface area is 176 Å². The molecule has 3 atom stereocenters. The van der Waals surface area contributed by atoms with E-state index in [1.165, 1.54) is 28.0 Å². The molecule has 4 heterocycles. The van der Waals surface area contributed by atoms with Gasteiger partial charge in [0.2, 0.25) is 6.79 Å². The van der Waals surface area contributed by atoms with Crippen LogP contribution in [0, 0.1) is 0 Å². The number of nitrogens with zero attached hydrogens (tertiary/aromatic N) is 1. The number of ether oxygens (including phenoxy) is 5.